The van der Waals surface area contributed by atoms with Crippen molar-refractivity contribution >= 4 is 27.0 Å². The molecule has 164 valence electrons. The minimum atomic E-state index is -3.64. The fourth-order valence-electron chi connectivity index (χ4n) is 4.48. The number of halogens is 1. The van der Waals surface area contributed by atoms with Crippen molar-refractivity contribution < 1.29 is 12.8 Å². The first-order valence-electron chi connectivity index (χ1n) is 10.3. The van der Waals surface area contributed by atoms with Crippen LogP contribution in [0.25, 0.3) is 0 Å². The molecule has 0 spiro atoms. The van der Waals surface area contributed by atoms with Crippen LogP contribution in [-0.4, -0.2) is 44.9 Å². The van der Waals surface area contributed by atoms with Crippen LogP contribution in [0.3, 0.4) is 0 Å². The van der Waals surface area contributed by atoms with Crippen LogP contribution in [0.4, 0.5) is 10.1 Å². The molecule has 0 saturated carbocycles. The van der Waals surface area contributed by atoms with E-state index in [-0.39, 0.29) is 23.8 Å². The largest absolute Gasteiger partial charge is 0.367 e. The summed E-state index contributed by atoms with van der Waals surface area (Å²) in [5, 5.41) is 0. The van der Waals surface area contributed by atoms with E-state index in [4.69, 9.17) is 0 Å². The van der Waals surface area contributed by atoms with E-state index in [1.807, 2.05) is 18.7 Å². The Balaban J connectivity index is 1.60. The molecule has 1 aromatic carbocycles. The highest BCUT2D eigenvalue weighted by molar-refractivity contribution is 7.89. The van der Waals surface area contributed by atoms with Crippen LogP contribution in [0.2, 0.25) is 0 Å². The van der Waals surface area contributed by atoms with E-state index >= 15 is 0 Å². The highest BCUT2D eigenvalue weighted by Gasteiger charge is 2.40. The number of thiophene rings is 1. The third-order valence-electron chi connectivity index (χ3n) is 6.37. The number of nitrogens with zero attached hydrogens (tertiary/aromatic N) is 2. The predicted molar refractivity (Wildman–Crippen MR) is 119 cm³/mol. The molecule has 6 nitrogen and oxygen atoms in total. The van der Waals surface area contributed by atoms with Crippen LogP contribution >= 0.6 is 11.3 Å². The lowest BCUT2D eigenvalue weighted by Gasteiger charge is -2.36. The van der Waals surface area contributed by atoms with E-state index in [9.17, 15) is 12.8 Å². The number of rotatable bonds is 4. The van der Waals surface area contributed by atoms with Gasteiger partial charge in [0.25, 0.3) is 0 Å². The number of hydrogen-bond donors (Lipinski definition) is 2. The average molecular weight is 453 g/mol. The summed E-state index contributed by atoms with van der Waals surface area (Å²) in [5.41, 5.74) is 7.96. The first-order valence-corrected chi connectivity index (χ1v) is 12.6. The van der Waals surface area contributed by atoms with Gasteiger partial charge >= 0.3 is 0 Å². The predicted octanol–water partition coefficient (Wildman–Crippen LogP) is 3.19. The zero-order valence-electron chi connectivity index (χ0n) is 17.8. The van der Waals surface area contributed by atoms with Crippen LogP contribution < -0.4 is 15.8 Å². The van der Waals surface area contributed by atoms with Gasteiger partial charge in [-0.25, -0.2) is 18.2 Å². The summed E-state index contributed by atoms with van der Waals surface area (Å²) in [6.45, 7) is 9.74. The van der Waals surface area contributed by atoms with Crippen LogP contribution in [0, 0.1) is 25.6 Å². The van der Waals surface area contributed by atoms with Crippen LogP contribution in [0.1, 0.15) is 35.2 Å². The van der Waals surface area contributed by atoms with Crippen molar-refractivity contribution in [1.29, 1.82) is 0 Å². The van der Waals surface area contributed by atoms with Gasteiger partial charge in [-0.05, 0) is 38.8 Å². The first-order chi connectivity index (χ1) is 14.2. The molecule has 2 saturated heterocycles. The van der Waals surface area contributed by atoms with E-state index in [2.05, 4.69) is 24.7 Å². The number of hydrogen-bond acceptors (Lipinski definition) is 6. The molecule has 0 radical (unpaired) electrons. The number of nitrogens with one attached hydrogen (secondary N) is 2. The van der Waals surface area contributed by atoms with Crippen molar-refractivity contribution in [2.75, 3.05) is 31.1 Å². The van der Waals surface area contributed by atoms with Crippen LogP contribution in [0.5, 0.6) is 0 Å². The average Bonchev–Trinajstić information content (AvgIpc) is 3.20. The summed E-state index contributed by atoms with van der Waals surface area (Å²) in [7, 11) is -3.64. The Morgan fingerprint density at radius 2 is 1.70 bits per heavy atom. The van der Waals surface area contributed by atoms with Crippen molar-refractivity contribution in [3.05, 3.63) is 45.4 Å². The molecule has 2 aliphatic rings. The van der Waals surface area contributed by atoms with Crippen LogP contribution in [-0.2, 0) is 10.0 Å². The lowest BCUT2D eigenvalue weighted by Crippen LogP contribution is -2.49. The molecule has 2 aliphatic heterocycles. The highest BCUT2D eigenvalue weighted by atomic mass is 32.2. The fraction of sp³-hybridized carbons (Fsp3) is 0.524. The molecule has 1 aromatic heterocycles. The fourth-order valence-corrected chi connectivity index (χ4v) is 7.81. The van der Waals surface area contributed by atoms with Gasteiger partial charge in [0, 0.05) is 47.5 Å². The monoisotopic (exact) mass is 452 g/mol. The van der Waals surface area contributed by atoms with E-state index in [0.29, 0.717) is 36.8 Å². The topological polar surface area (TPSA) is 64.7 Å². The molecule has 0 aliphatic carbocycles. The van der Waals surface area contributed by atoms with Gasteiger partial charge in [0.05, 0.1) is 11.7 Å². The van der Waals surface area contributed by atoms with E-state index in [1.54, 1.807) is 33.8 Å². The van der Waals surface area contributed by atoms with Gasteiger partial charge in [-0.2, -0.15) is 4.31 Å². The molecule has 3 atom stereocenters. The molecular weight excluding hydrogens is 423 g/mol. The maximum atomic E-state index is 14.1. The maximum Gasteiger partial charge on any atom is 0.244 e. The van der Waals surface area contributed by atoms with Gasteiger partial charge in [0.2, 0.25) is 10.0 Å². The number of sulfonamides is 1. The van der Waals surface area contributed by atoms with E-state index in [0.717, 1.165) is 15.3 Å². The van der Waals surface area contributed by atoms with Crippen molar-refractivity contribution in [3.8, 4) is 0 Å². The lowest BCUT2D eigenvalue weighted by molar-refractivity contribution is 0.381. The summed E-state index contributed by atoms with van der Waals surface area (Å²) >= 11 is 1.54. The minimum absolute atomic E-state index is 0.0468. The number of hydrazine groups is 1. The number of aryl methyl sites for hydroxylation is 2. The molecule has 9 heteroatoms. The Morgan fingerprint density at radius 3 is 2.30 bits per heavy atom. The van der Waals surface area contributed by atoms with Crippen molar-refractivity contribution in [3.63, 3.8) is 0 Å². The van der Waals surface area contributed by atoms with Crippen LogP contribution in [0.15, 0.2) is 29.2 Å². The molecule has 2 aromatic rings. The first kappa shape index (κ1) is 21.7. The zero-order valence-corrected chi connectivity index (χ0v) is 19.4. The van der Waals surface area contributed by atoms with Gasteiger partial charge in [-0.1, -0.05) is 19.1 Å². The second kappa shape index (κ2) is 8.20. The second-order valence-electron chi connectivity index (χ2n) is 8.21. The van der Waals surface area contributed by atoms with Gasteiger partial charge in [-0.15, -0.1) is 11.3 Å². The summed E-state index contributed by atoms with van der Waals surface area (Å²) in [4.78, 5) is 4.23. The molecular formula is C21H29FN4O2S2. The van der Waals surface area contributed by atoms with Crippen molar-refractivity contribution in [2.45, 2.75) is 44.7 Å². The molecule has 0 bridgehead atoms. The SMILES string of the molecule is Cc1sc(C)c(S(=O)(=O)N2CCN(c3ccccc3F)CC2)c1C1NNC(C)C1C. The smallest absolute Gasteiger partial charge is 0.244 e. The molecule has 2 fully saturated rings. The Kier molecular flexibility index (Phi) is 5.93. The van der Waals surface area contributed by atoms with E-state index in [1.165, 1.54) is 6.07 Å². The van der Waals surface area contributed by atoms with Crippen molar-refractivity contribution in [2.24, 2.45) is 5.92 Å². The molecule has 30 heavy (non-hydrogen) atoms. The Labute approximate surface area is 182 Å². The summed E-state index contributed by atoms with van der Waals surface area (Å²) in [6, 6.07) is 6.86. The molecule has 0 amide bonds. The Bertz CT molecular complexity index is 1030. The molecule has 2 N–H and O–H groups in total. The number of anilines is 1. The van der Waals surface area contributed by atoms with Gasteiger partial charge in [0.15, 0.2) is 0 Å². The van der Waals surface area contributed by atoms with Crippen molar-refractivity contribution in [1.82, 2.24) is 15.2 Å². The zero-order chi connectivity index (χ0) is 21.6. The number of benzene rings is 1. The summed E-state index contributed by atoms with van der Waals surface area (Å²) in [6.07, 6.45) is 0. The van der Waals surface area contributed by atoms with Gasteiger partial charge in [-0.3, -0.25) is 5.43 Å². The third-order valence-corrected chi connectivity index (χ3v) is 9.62. The van der Waals surface area contributed by atoms with Gasteiger partial charge < -0.3 is 4.90 Å². The summed E-state index contributed by atoms with van der Waals surface area (Å²) < 4.78 is 43.1. The maximum absolute atomic E-state index is 14.1. The molecule has 3 unspecified atom stereocenters. The van der Waals surface area contributed by atoms with Gasteiger partial charge in [0.1, 0.15) is 10.7 Å². The normalized spacial score (nSPS) is 25.8. The highest BCUT2D eigenvalue weighted by Crippen LogP contribution is 2.41. The second-order valence-corrected chi connectivity index (χ2v) is 11.5. The Morgan fingerprint density at radius 1 is 1.03 bits per heavy atom. The summed E-state index contributed by atoms with van der Waals surface area (Å²) in [5.74, 6) is -0.00661. The quantitative estimate of drug-likeness (QED) is 0.746. The minimum Gasteiger partial charge on any atom is -0.367 e. The lowest BCUT2D eigenvalue weighted by atomic mass is 9.92. The molecule has 4 rings (SSSR count). The Hall–Kier alpha value is -1.52. The van der Waals surface area contributed by atoms with E-state index < -0.39 is 10.0 Å². The molecule has 3 heterocycles. The third kappa shape index (κ3) is 3.67. The standard InChI is InChI=1S/C21H29FN4O2S2/c1-13-14(2)23-24-20(13)19-15(3)29-16(4)21(19)30(27,28)26-11-9-25(10-12-26)18-8-6-5-7-17(18)22/h5-8,13-14,20,23-24H,9-12H2,1-4H3. The number of piperazine rings is 1. The number of para-hydroxylation sites is 1.